The summed E-state index contributed by atoms with van der Waals surface area (Å²) >= 11 is 0. The summed E-state index contributed by atoms with van der Waals surface area (Å²) in [4.78, 5) is 32.2. The zero-order valence-electron chi connectivity index (χ0n) is 13.2. The molecule has 1 aliphatic rings. The van der Waals surface area contributed by atoms with Crippen LogP contribution >= 0.6 is 0 Å². The summed E-state index contributed by atoms with van der Waals surface area (Å²) < 4.78 is 34.1. The molecule has 0 unspecified atom stereocenters. The second-order valence-corrected chi connectivity index (χ2v) is 6.05. The number of carbonyl (C=O) groups excluding carboxylic acids is 1. The summed E-state index contributed by atoms with van der Waals surface area (Å²) in [7, 11) is 0. The third kappa shape index (κ3) is 2.25. The lowest BCUT2D eigenvalue weighted by molar-refractivity contribution is -0.0251. The molecule has 25 heavy (non-hydrogen) atoms. The molecule has 0 aliphatic carbocycles. The van der Waals surface area contributed by atoms with Crippen molar-refractivity contribution in [3.8, 4) is 0 Å². The Morgan fingerprint density at radius 3 is 2.80 bits per heavy atom. The average Bonchev–Trinajstić information content (AvgIpc) is 2.89. The SMILES string of the molecule is Cc1oc2nc[nH]c(=O)c2c1C(=O)N1CC(F)(c2ccccc2F)C1. The Labute approximate surface area is 140 Å². The summed E-state index contributed by atoms with van der Waals surface area (Å²) in [6.45, 7) is 0.946. The van der Waals surface area contributed by atoms with Crippen LogP contribution in [0.15, 0.2) is 39.8 Å². The van der Waals surface area contributed by atoms with E-state index in [2.05, 4.69) is 9.97 Å². The molecule has 8 heteroatoms. The average molecular weight is 345 g/mol. The Kier molecular flexibility index (Phi) is 3.24. The Morgan fingerprint density at radius 2 is 2.08 bits per heavy atom. The second-order valence-electron chi connectivity index (χ2n) is 6.05. The number of H-pyrrole nitrogens is 1. The summed E-state index contributed by atoms with van der Waals surface area (Å²) in [5.74, 6) is -0.964. The molecule has 1 amide bonds. The van der Waals surface area contributed by atoms with Crippen molar-refractivity contribution in [3.63, 3.8) is 0 Å². The van der Waals surface area contributed by atoms with E-state index in [1.807, 2.05) is 0 Å². The summed E-state index contributed by atoms with van der Waals surface area (Å²) in [5, 5.41) is 0.0345. The number of nitrogens with zero attached hydrogens (tertiary/aromatic N) is 2. The molecule has 0 atom stereocenters. The molecule has 1 aliphatic heterocycles. The number of hydrogen-bond acceptors (Lipinski definition) is 4. The number of nitrogens with one attached hydrogen (secondary N) is 1. The smallest absolute Gasteiger partial charge is 0.262 e. The van der Waals surface area contributed by atoms with Crippen molar-refractivity contribution < 1.29 is 18.0 Å². The predicted molar refractivity (Wildman–Crippen MR) is 84.5 cm³/mol. The monoisotopic (exact) mass is 345 g/mol. The van der Waals surface area contributed by atoms with Gasteiger partial charge in [0.05, 0.1) is 25.0 Å². The Balaban J connectivity index is 1.66. The van der Waals surface area contributed by atoms with E-state index in [9.17, 15) is 18.4 Å². The highest BCUT2D eigenvalue weighted by Gasteiger charge is 2.49. The number of aryl methyl sites for hydroxylation is 1. The highest BCUT2D eigenvalue weighted by molar-refractivity contribution is 6.06. The fraction of sp³-hybridized carbons (Fsp3) is 0.235. The van der Waals surface area contributed by atoms with E-state index in [0.29, 0.717) is 0 Å². The largest absolute Gasteiger partial charge is 0.442 e. The first-order valence-corrected chi connectivity index (χ1v) is 7.61. The molecular weight excluding hydrogens is 332 g/mol. The van der Waals surface area contributed by atoms with Crippen molar-refractivity contribution in [2.45, 2.75) is 12.6 Å². The Hall–Kier alpha value is -3.03. The molecule has 3 heterocycles. The number of furan rings is 1. The molecule has 1 saturated heterocycles. The minimum Gasteiger partial charge on any atom is -0.442 e. The minimum absolute atomic E-state index is 0.0345. The van der Waals surface area contributed by atoms with Crippen LogP contribution in [0, 0.1) is 12.7 Å². The van der Waals surface area contributed by atoms with Crippen LogP contribution in [-0.4, -0.2) is 33.9 Å². The van der Waals surface area contributed by atoms with Crippen molar-refractivity contribution >= 4 is 17.0 Å². The lowest BCUT2D eigenvalue weighted by Crippen LogP contribution is -2.59. The van der Waals surface area contributed by atoms with Crippen LogP contribution in [0.1, 0.15) is 21.7 Å². The van der Waals surface area contributed by atoms with Crippen LogP contribution in [-0.2, 0) is 5.67 Å². The van der Waals surface area contributed by atoms with Gasteiger partial charge in [-0.2, -0.15) is 0 Å². The molecule has 1 aromatic carbocycles. The van der Waals surface area contributed by atoms with Gasteiger partial charge >= 0.3 is 0 Å². The van der Waals surface area contributed by atoms with Gasteiger partial charge in [0.15, 0.2) is 5.67 Å². The molecule has 0 bridgehead atoms. The van der Waals surface area contributed by atoms with Crippen molar-refractivity contribution in [1.82, 2.24) is 14.9 Å². The van der Waals surface area contributed by atoms with Gasteiger partial charge in [0, 0.05) is 5.56 Å². The molecule has 3 aromatic rings. The van der Waals surface area contributed by atoms with Gasteiger partial charge in [-0.3, -0.25) is 9.59 Å². The van der Waals surface area contributed by atoms with Crippen molar-refractivity contribution in [2.24, 2.45) is 0 Å². The number of halogens is 2. The number of aromatic nitrogens is 2. The first-order chi connectivity index (χ1) is 11.9. The molecule has 0 spiro atoms. The molecule has 1 N–H and O–H groups in total. The van der Waals surface area contributed by atoms with E-state index in [1.54, 1.807) is 6.07 Å². The van der Waals surface area contributed by atoms with Crippen molar-refractivity contribution in [2.75, 3.05) is 13.1 Å². The van der Waals surface area contributed by atoms with E-state index in [1.165, 1.54) is 36.4 Å². The second kappa shape index (κ2) is 5.23. The zero-order valence-corrected chi connectivity index (χ0v) is 13.2. The van der Waals surface area contributed by atoms with Gasteiger partial charge in [0.1, 0.15) is 17.0 Å². The minimum atomic E-state index is -1.95. The van der Waals surface area contributed by atoms with Gasteiger partial charge in [-0.05, 0) is 13.0 Å². The van der Waals surface area contributed by atoms with Gasteiger partial charge < -0.3 is 14.3 Å². The number of rotatable bonds is 2. The number of likely N-dealkylation sites (tertiary alicyclic amines) is 1. The summed E-state index contributed by atoms with van der Waals surface area (Å²) in [6, 6.07) is 5.57. The first kappa shape index (κ1) is 15.5. The van der Waals surface area contributed by atoms with Gasteiger partial charge in [0.25, 0.3) is 11.5 Å². The number of fused-ring (bicyclic) bond motifs is 1. The quantitative estimate of drug-likeness (QED) is 0.773. The van der Waals surface area contributed by atoms with E-state index < -0.39 is 23.0 Å². The summed E-state index contributed by atoms with van der Waals surface area (Å²) in [5.41, 5.74) is -2.43. The highest BCUT2D eigenvalue weighted by atomic mass is 19.1. The lowest BCUT2D eigenvalue weighted by Gasteiger charge is -2.44. The molecule has 4 rings (SSSR count). The maximum Gasteiger partial charge on any atom is 0.262 e. The highest BCUT2D eigenvalue weighted by Crippen LogP contribution is 2.38. The number of carbonyl (C=O) groups is 1. The number of amides is 1. The van der Waals surface area contributed by atoms with Crippen LogP contribution in [0.3, 0.4) is 0 Å². The van der Waals surface area contributed by atoms with Gasteiger partial charge in [0.2, 0.25) is 5.71 Å². The standard InChI is InChI=1S/C17H13F2N3O3/c1-9-12(13-14(23)20-8-21-15(13)25-9)16(24)22-6-17(19,7-22)10-4-2-3-5-11(10)18/h2-5,8H,6-7H2,1H3,(H,20,21,23). The van der Waals surface area contributed by atoms with E-state index >= 15 is 0 Å². The fourth-order valence-electron chi connectivity index (χ4n) is 3.17. The van der Waals surface area contributed by atoms with Gasteiger partial charge in [-0.1, -0.05) is 18.2 Å². The Morgan fingerprint density at radius 1 is 1.36 bits per heavy atom. The van der Waals surface area contributed by atoms with Crippen LogP contribution in [0.25, 0.3) is 11.1 Å². The van der Waals surface area contributed by atoms with E-state index in [-0.39, 0.29) is 41.1 Å². The van der Waals surface area contributed by atoms with Crippen LogP contribution in [0.5, 0.6) is 0 Å². The Bertz CT molecular complexity index is 1050. The maximum absolute atomic E-state index is 14.9. The van der Waals surface area contributed by atoms with Gasteiger partial charge in [-0.15, -0.1) is 0 Å². The molecule has 128 valence electrons. The van der Waals surface area contributed by atoms with Gasteiger partial charge in [-0.25, -0.2) is 13.8 Å². The topological polar surface area (TPSA) is 79.2 Å². The van der Waals surface area contributed by atoms with Crippen molar-refractivity contribution in [3.05, 3.63) is 63.7 Å². The van der Waals surface area contributed by atoms with Crippen LogP contribution in [0.4, 0.5) is 8.78 Å². The zero-order chi connectivity index (χ0) is 17.8. The number of aromatic amines is 1. The number of benzene rings is 1. The van der Waals surface area contributed by atoms with E-state index in [4.69, 9.17) is 4.42 Å². The molecule has 0 saturated carbocycles. The first-order valence-electron chi connectivity index (χ1n) is 7.61. The van der Waals surface area contributed by atoms with E-state index in [0.717, 1.165) is 0 Å². The molecule has 6 nitrogen and oxygen atoms in total. The van der Waals surface area contributed by atoms with Crippen molar-refractivity contribution in [1.29, 1.82) is 0 Å². The summed E-state index contributed by atoms with van der Waals surface area (Å²) in [6.07, 6.45) is 1.18. The number of hydrogen-bond donors (Lipinski definition) is 1. The lowest BCUT2D eigenvalue weighted by atomic mass is 9.87. The van der Waals surface area contributed by atoms with Crippen LogP contribution in [0.2, 0.25) is 0 Å². The number of alkyl halides is 1. The molecule has 2 aromatic heterocycles. The van der Waals surface area contributed by atoms with Crippen LogP contribution < -0.4 is 5.56 Å². The maximum atomic E-state index is 14.9. The molecule has 1 fully saturated rings. The molecule has 0 radical (unpaired) electrons. The predicted octanol–water partition coefficient (Wildman–Crippen LogP) is 2.28. The third-order valence-electron chi connectivity index (χ3n) is 4.41. The fourth-order valence-corrected chi connectivity index (χ4v) is 3.17. The normalized spacial score (nSPS) is 16.0. The third-order valence-corrected chi connectivity index (χ3v) is 4.41. The molecular formula is C17H13F2N3O3.